The molecule has 0 amide bonds. The van der Waals surface area contributed by atoms with Crippen molar-refractivity contribution < 1.29 is 4.79 Å². The molecule has 1 fully saturated rings. The van der Waals surface area contributed by atoms with E-state index in [2.05, 4.69) is 25.1 Å². The van der Waals surface area contributed by atoms with Gasteiger partial charge < -0.3 is 0 Å². The lowest BCUT2D eigenvalue weighted by Crippen LogP contribution is -2.15. The SMILES string of the molecule is Cc1cccc(CC(=O)CC2CCSCC2)c1. The molecule has 0 spiro atoms. The number of hydrogen-bond donors (Lipinski definition) is 0. The molecule has 1 aromatic carbocycles. The summed E-state index contributed by atoms with van der Waals surface area (Å²) in [5.74, 6) is 3.53. The number of thioether (sulfide) groups is 1. The molecule has 0 unspecified atom stereocenters. The Morgan fingerprint density at radius 1 is 1.35 bits per heavy atom. The van der Waals surface area contributed by atoms with Crippen LogP contribution in [0.25, 0.3) is 0 Å². The van der Waals surface area contributed by atoms with Crippen LogP contribution in [0, 0.1) is 12.8 Å². The second-order valence-electron chi connectivity index (χ2n) is 4.96. The number of hydrogen-bond acceptors (Lipinski definition) is 2. The Morgan fingerprint density at radius 2 is 2.12 bits per heavy atom. The van der Waals surface area contributed by atoms with Crippen molar-refractivity contribution >= 4 is 17.5 Å². The van der Waals surface area contributed by atoms with Crippen LogP contribution in [0.1, 0.15) is 30.4 Å². The van der Waals surface area contributed by atoms with E-state index in [-0.39, 0.29) is 0 Å². The summed E-state index contributed by atoms with van der Waals surface area (Å²) < 4.78 is 0. The summed E-state index contributed by atoms with van der Waals surface area (Å²) in [4.78, 5) is 12.0. The fourth-order valence-corrected chi connectivity index (χ4v) is 3.60. The highest BCUT2D eigenvalue weighted by molar-refractivity contribution is 7.99. The van der Waals surface area contributed by atoms with E-state index in [1.807, 2.05) is 17.8 Å². The first kappa shape index (κ1) is 12.7. The topological polar surface area (TPSA) is 17.1 Å². The zero-order valence-electron chi connectivity index (χ0n) is 10.4. The Morgan fingerprint density at radius 3 is 2.82 bits per heavy atom. The van der Waals surface area contributed by atoms with Gasteiger partial charge in [0.15, 0.2) is 0 Å². The summed E-state index contributed by atoms with van der Waals surface area (Å²) in [7, 11) is 0. The standard InChI is InChI=1S/C15H20OS/c1-12-3-2-4-14(9-12)11-15(16)10-13-5-7-17-8-6-13/h2-4,9,13H,5-8,10-11H2,1H3. The summed E-state index contributed by atoms with van der Waals surface area (Å²) in [5.41, 5.74) is 2.41. The van der Waals surface area contributed by atoms with Gasteiger partial charge in [0.2, 0.25) is 0 Å². The predicted octanol–water partition coefficient (Wildman–Crippen LogP) is 3.64. The van der Waals surface area contributed by atoms with E-state index in [0.29, 0.717) is 18.1 Å². The molecule has 1 aromatic rings. The summed E-state index contributed by atoms with van der Waals surface area (Å²) >= 11 is 2.02. The van der Waals surface area contributed by atoms with E-state index >= 15 is 0 Å². The maximum absolute atomic E-state index is 12.0. The Labute approximate surface area is 108 Å². The molecule has 92 valence electrons. The van der Waals surface area contributed by atoms with Crippen molar-refractivity contribution in [1.29, 1.82) is 0 Å². The van der Waals surface area contributed by atoms with Crippen molar-refractivity contribution in [2.75, 3.05) is 11.5 Å². The number of carbonyl (C=O) groups is 1. The summed E-state index contributed by atoms with van der Waals surface area (Å²) in [6.07, 6.45) is 3.86. The normalized spacial score (nSPS) is 17.0. The van der Waals surface area contributed by atoms with Gasteiger partial charge in [-0.05, 0) is 42.8 Å². The summed E-state index contributed by atoms with van der Waals surface area (Å²) in [5, 5.41) is 0. The van der Waals surface area contributed by atoms with Crippen LogP contribution in [-0.2, 0) is 11.2 Å². The second kappa shape index (κ2) is 6.25. The molecule has 0 aliphatic carbocycles. The van der Waals surface area contributed by atoms with Crippen LogP contribution in [0.4, 0.5) is 0 Å². The minimum absolute atomic E-state index is 0.410. The minimum Gasteiger partial charge on any atom is -0.299 e. The van der Waals surface area contributed by atoms with Crippen LogP contribution in [-0.4, -0.2) is 17.3 Å². The number of aryl methyl sites for hydroxylation is 1. The number of rotatable bonds is 4. The third-order valence-electron chi connectivity index (χ3n) is 3.34. The van der Waals surface area contributed by atoms with Crippen molar-refractivity contribution in [1.82, 2.24) is 0 Å². The quantitative estimate of drug-likeness (QED) is 0.809. The number of benzene rings is 1. The zero-order valence-corrected chi connectivity index (χ0v) is 11.3. The highest BCUT2D eigenvalue weighted by atomic mass is 32.2. The van der Waals surface area contributed by atoms with E-state index in [4.69, 9.17) is 0 Å². The fraction of sp³-hybridized carbons (Fsp3) is 0.533. The monoisotopic (exact) mass is 248 g/mol. The largest absolute Gasteiger partial charge is 0.299 e. The number of carbonyl (C=O) groups excluding carboxylic acids is 1. The van der Waals surface area contributed by atoms with Gasteiger partial charge in [0.05, 0.1) is 0 Å². The van der Waals surface area contributed by atoms with Gasteiger partial charge in [0, 0.05) is 12.8 Å². The van der Waals surface area contributed by atoms with Crippen molar-refractivity contribution in [3.8, 4) is 0 Å². The van der Waals surface area contributed by atoms with E-state index in [1.165, 1.54) is 35.5 Å². The first-order chi connectivity index (χ1) is 8.24. The molecule has 17 heavy (non-hydrogen) atoms. The average Bonchev–Trinajstić information content (AvgIpc) is 2.30. The van der Waals surface area contributed by atoms with Gasteiger partial charge in [-0.15, -0.1) is 0 Å². The lowest BCUT2D eigenvalue weighted by Gasteiger charge is -2.20. The van der Waals surface area contributed by atoms with Crippen LogP contribution < -0.4 is 0 Å². The van der Waals surface area contributed by atoms with E-state index in [9.17, 15) is 4.79 Å². The van der Waals surface area contributed by atoms with Gasteiger partial charge in [-0.3, -0.25) is 4.79 Å². The zero-order chi connectivity index (χ0) is 12.1. The van der Waals surface area contributed by atoms with Crippen molar-refractivity contribution in [2.45, 2.75) is 32.6 Å². The van der Waals surface area contributed by atoms with Crippen molar-refractivity contribution in [2.24, 2.45) is 5.92 Å². The van der Waals surface area contributed by atoms with Crippen LogP contribution >= 0.6 is 11.8 Å². The molecule has 2 heteroatoms. The lowest BCUT2D eigenvalue weighted by molar-refractivity contribution is -0.119. The van der Waals surface area contributed by atoms with Crippen LogP contribution in [0.2, 0.25) is 0 Å². The molecule has 0 aromatic heterocycles. The molecule has 0 bridgehead atoms. The van der Waals surface area contributed by atoms with Gasteiger partial charge in [0.25, 0.3) is 0 Å². The van der Waals surface area contributed by atoms with E-state index in [0.717, 1.165) is 6.42 Å². The molecule has 0 saturated carbocycles. The lowest BCUT2D eigenvalue weighted by atomic mass is 9.93. The van der Waals surface area contributed by atoms with Crippen LogP contribution in [0.3, 0.4) is 0 Å². The van der Waals surface area contributed by atoms with Gasteiger partial charge in [-0.2, -0.15) is 11.8 Å². The first-order valence-electron chi connectivity index (χ1n) is 6.39. The third-order valence-corrected chi connectivity index (χ3v) is 4.39. The molecule has 0 radical (unpaired) electrons. The smallest absolute Gasteiger partial charge is 0.137 e. The summed E-state index contributed by atoms with van der Waals surface area (Å²) in [6.45, 7) is 2.08. The maximum Gasteiger partial charge on any atom is 0.137 e. The van der Waals surface area contributed by atoms with Crippen molar-refractivity contribution in [3.63, 3.8) is 0 Å². The molecular formula is C15H20OS. The molecule has 1 saturated heterocycles. The summed E-state index contributed by atoms with van der Waals surface area (Å²) in [6, 6.07) is 8.29. The van der Waals surface area contributed by atoms with E-state index in [1.54, 1.807) is 0 Å². The van der Waals surface area contributed by atoms with Gasteiger partial charge >= 0.3 is 0 Å². The van der Waals surface area contributed by atoms with Gasteiger partial charge in [-0.1, -0.05) is 29.8 Å². The first-order valence-corrected chi connectivity index (χ1v) is 7.54. The molecule has 0 atom stereocenters. The molecule has 1 nitrogen and oxygen atoms in total. The molecule has 2 rings (SSSR count). The van der Waals surface area contributed by atoms with Gasteiger partial charge in [-0.25, -0.2) is 0 Å². The molecule has 1 aliphatic rings. The molecular weight excluding hydrogens is 228 g/mol. The van der Waals surface area contributed by atoms with Crippen LogP contribution in [0.15, 0.2) is 24.3 Å². The van der Waals surface area contributed by atoms with Crippen molar-refractivity contribution in [3.05, 3.63) is 35.4 Å². The number of Topliss-reactive ketones (excluding diaryl/α,β-unsaturated/α-hetero) is 1. The van der Waals surface area contributed by atoms with Crippen LogP contribution in [0.5, 0.6) is 0 Å². The Hall–Kier alpha value is -0.760. The Balaban J connectivity index is 1.84. The second-order valence-corrected chi connectivity index (χ2v) is 6.19. The molecule has 1 aliphatic heterocycles. The number of ketones is 1. The molecule has 0 N–H and O–H groups in total. The molecule has 1 heterocycles. The Bertz CT molecular complexity index is 380. The maximum atomic E-state index is 12.0. The fourth-order valence-electron chi connectivity index (χ4n) is 2.39. The highest BCUT2D eigenvalue weighted by Crippen LogP contribution is 2.25. The van der Waals surface area contributed by atoms with E-state index < -0.39 is 0 Å². The third kappa shape index (κ3) is 4.19. The Kier molecular flexibility index (Phi) is 4.66. The van der Waals surface area contributed by atoms with Gasteiger partial charge in [0.1, 0.15) is 5.78 Å². The average molecular weight is 248 g/mol. The highest BCUT2D eigenvalue weighted by Gasteiger charge is 2.17. The minimum atomic E-state index is 0.410. The predicted molar refractivity (Wildman–Crippen MR) is 74.6 cm³/mol.